The van der Waals surface area contributed by atoms with Gasteiger partial charge >= 0.3 is 5.97 Å². The maximum Gasteiger partial charge on any atom is 0.335 e. The van der Waals surface area contributed by atoms with Gasteiger partial charge in [0.05, 0.1) is 10.5 Å². The van der Waals surface area contributed by atoms with Crippen LogP contribution in [0.5, 0.6) is 0 Å². The van der Waals surface area contributed by atoms with E-state index in [1.54, 1.807) is 12.1 Å². The molecule has 0 heterocycles. The van der Waals surface area contributed by atoms with Gasteiger partial charge in [-0.1, -0.05) is 6.07 Å². The number of nitro groups is 1. The van der Waals surface area contributed by atoms with Crippen LogP contribution >= 0.6 is 0 Å². The van der Waals surface area contributed by atoms with Gasteiger partial charge in [-0.25, -0.2) is 4.79 Å². The van der Waals surface area contributed by atoms with Crippen molar-refractivity contribution in [3.8, 4) is 0 Å². The monoisotopic (exact) mass is 447 g/mol. The molecule has 9 nitrogen and oxygen atoms in total. The Bertz CT molecular complexity index is 1220. The van der Waals surface area contributed by atoms with Crippen LogP contribution < -0.4 is 10.2 Å². The van der Waals surface area contributed by atoms with Crippen LogP contribution in [0.2, 0.25) is 0 Å². The number of non-ortho nitro benzene ring substituents is 1. The topological polar surface area (TPSA) is 130 Å². The number of nitrogens with one attached hydrogen (secondary N) is 1. The summed E-state index contributed by atoms with van der Waals surface area (Å²) < 4.78 is 0. The maximum absolute atomic E-state index is 13.2. The molecule has 0 aromatic heterocycles. The second-order valence-electron chi connectivity index (χ2n) is 7.39. The fraction of sp³-hybridized carbons (Fsp3) is 0.125. The predicted octanol–water partition coefficient (Wildman–Crippen LogP) is 4.20. The molecular formula is C24H21N3O6. The lowest BCUT2D eigenvalue weighted by molar-refractivity contribution is -0.384. The predicted molar refractivity (Wildman–Crippen MR) is 123 cm³/mol. The number of nitro benzene ring substituents is 1. The summed E-state index contributed by atoms with van der Waals surface area (Å²) in [5.41, 5.74) is 2.95. The first-order chi connectivity index (χ1) is 15.7. The summed E-state index contributed by atoms with van der Waals surface area (Å²) >= 11 is 0. The summed E-state index contributed by atoms with van der Waals surface area (Å²) in [6, 6.07) is 16.1. The molecule has 0 fully saturated rings. The summed E-state index contributed by atoms with van der Waals surface area (Å²) in [6.45, 7) is 3.49. The minimum atomic E-state index is -1.08. The molecule has 0 aliphatic heterocycles. The Morgan fingerprint density at radius 2 is 1.52 bits per heavy atom. The molecule has 0 radical (unpaired) electrons. The van der Waals surface area contributed by atoms with E-state index >= 15 is 0 Å². The lowest BCUT2D eigenvalue weighted by atomic mass is 10.1. The molecule has 2 N–H and O–H groups in total. The Morgan fingerprint density at radius 1 is 0.909 bits per heavy atom. The first-order valence-corrected chi connectivity index (χ1v) is 9.92. The lowest BCUT2D eigenvalue weighted by Crippen LogP contribution is -2.38. The van der Waals surface area contributed by atoms with E-state index in [1.807, 2.05) is 19.9 Å². The zero-order valence-electron chi connectivity index (χ0n) is 17.9. The van der Waals surface area contributed by atoms with Crippen molar-refractivity contribution in [2.75, 3.05) is 16.8 Å². The average Bonchev–Trinajstić information content (AvgIpc) is 2.79. The van der Waals surface area contributed by atoms with Crippen molar-refractivity contribution in [2.45, 2.75) is 13.8 Å². The van der Waals surface area contributed by atoms with Crippen molar-refractivity contribution >= 4 is 34.8 Å². The number of anilines is 2. The van der Waals surface area contributed by atoms with Crippen LogP contribution in [0.3, 0.4) is 0 Å². The molecule has 0 atom stereocenters. The highest BCUT2D eigenvalue weighted by atomic mass is 16.6. The number of aromatic carboxylic acids is 1. The van der Waals surface area contributed by atoms with Crippen LogP contribution in [-0.4, -0.2) is 34.4 Å². The number of carboxylic acids is 1. The molecule has 0 spiro atoms. The SMILES string of the molecule is Cc1ccc(N(CC(=O)Nc2ccc(C(=O)O)cc2)C(=O)c2ccc([N+](=O)[O-])cc2)cc1C. The lowest BCUT2D eigenvalue weighted by Gasteiger charge is -2.23. The molecule has 2 amide bonds. The number of nitrogens with zero attached hydrogens (tertiary/aromatic N) is 2. The summed E-state index contributed by atoms with van der Waals surface area (Å²) in [5, 5.41) is 22.6. The second-order valence-corrected chi connectivity index (χ2v) is 7.39. The number of aryl methyl sites for hydroxylation is 2. The van der Waals surface area contributed by atoms with Crippen LogP contribution in [0, 0.1) is 24.0 Å². The van der Waals surface area contributed by atoms with E-state index in [-0.39, 0.29) is 23.4 Å². The normalized spacial score (nSPS) is 10.4. The van der Waals surface area contributed by atoms with Gasteiger partial charge < -0.3 is 10.4 Å². The van der Waals surface area contributed by atoms with Gasteiger partial charge in [0.1, 0.15) is 6.54 Å². The third kappa shape index (κ3) is 5.59. The van der Waals surface area contributed by atoms with Gasteiger partial charge in [-0.2, -0.15) is 0 Å². The molecule has 0 aliphatic rings. The van der Waals surface area contributed by atoms with Crippen molar-refractivity contribution < 1.29 is 24.4 Å². The molecule has 0 unspecified atom stereocenters. The van der Waals surface area contributed by atoms with Gasteiger partial charge in [-0.05, 0) is 73.5 Å². The number of amides is 2. The molecule has 3 aromatic rings. The molecule has 168 valence electrons. The van der Waals surface area contributed by atoms with Crippen molar-refractivity contribution in [3.05, 3.63) is 99.1 Å². The molecule has 9 heteroatoms. The standard InChI is InChI=1S/C24H21N3O6/c1-15-3-10-21(13-16(15)2)26(23(29)17-6-11-20(12-7-17)27(32)33)14-22(28)25-19-8-4-18(5-9-19)24(30)31/h3-13H,14H2,1-2H3,(H,25,28)(H,30,31). The maximum atomic E-state index is 13.2. The van der Waals surface area contributed by atoms with E-state index in [0.29, 0.717) is 11.4 Å². The Kier molecular flexibility index (Phi) is 6.82. The van der Waals surface area contributed by atoms with E-state index in [4.69, 9.17) is 5.11 Å². The van der Waals surface area contributed by atoms with Crippen molar-refractivity contribution in [3.63, 3.8) is 0 Å². The van der Waals surface area contributed by atoms with Crippen molar-refractivity contribution in [1.82, 2.24) is 0 Å². The number of rotatable bonds is 7. The van der Waals surface area contributed by atoms with Crippen LogP contribution in [-0.2, 0) is 4.79 Å². The highest BCUT2D eigenvalue weighted by Crippen LogP contribution is 2.22. The third-order valence-corrected chi connectivity index (χ3v) is 5.09. The van der Waals surface area contributed by atoms with Gasteiger partial charge in [0, 0.05) is 29.1 Å². The fourth-order valence-electron chi connectivity index (χ4n) is 3.10. The van der Waals surface area contributed by atoms with Crippen molar-refractivity contribution in [1.29, 1.82) is 0 Å². The first kappa shape index (κ1) is 23.1. The van der Waals surface area contributed by atoms with Gasteiger partial charge in [0.25, 0.3) is 11.6 Å². The molecular weight excluding hydrogens is 426 g/mol. The third-order valence-electron chi connectivity index (χ3n) is 5.09. The van der Waals surface area contributed by atoms with E-state index in [1.165, 1.54) is 53.4 Å². The molecule has 0 saturated carbocycles. The van der Waals surface area contributed by atoms with E-state index < -0.39 is 22.7 Å². The van der Waals surface area contributed by atoms with Crippen LogP contribution in [0.4, 0.5) is 17.1 Å². The Balaban J connectivity index is 1.87. The number of hydrogen-bond acceptors (Lipinski definition) is 5. The average molecular weight is 447 g/mol. The van der Waals surface area contributed by atoms with Gasteiger partial charge in [0.15, 0.2) is 0 Å². The molecule has 3 rings (SSSR count). The van der Waals surface area contributed by atoms with Crippen LogP contribution in [0.15, 0.2) is 66.7 Å². The molecule has 33 heavy (non-hydrogen) atoms. The number of carboxylic acid groups (broad SMARTS) is 1. The number of carbonyl (C=O) groups is 3. The van der Waals surface area contributed by atoms with E-state index in [0.717, 1.165) is 11.1 Å². The van der Waals surface area contributed by atoms with E-state index in [2.05, 4.69) is 5.32 Å². The summed E-state index contributed by atoms with van der Waals surface area (Å²) in [6.07, 6.45) is 0. The number of carbonyl (C=O) groups excluding carboxylic acids is 2. The fourth-order valence-corrected chi connectivity index (χ4v) is 3.10. The quantitative estimate of drug-likeness (QED) is 0.412. The highest BCUT2D eigenvalue weighted by molar-refractivity contribution is 6.10. The van der Waals surface area contributed by atoms with Crippen molar-refractivity contribution in [2.24, 2.45) is 0 Å². The van der Waals surface area contributed by atoms with Gasteiger partial charge in [-0.3, -0.25) is 24.6 Å². The van der Waals surface area contributed by atoms with Gasteiger partial charge in [0.2, 0.25) is 5.91 Å². The minimum absolute atomic E-state index is 0.0816. The Labute approximate surface area is 189 Å². The van der Waals surface area contributed by atoms with Gasteiger partial charge in [-0.15, -0.1) is 0 Å². The number of hydrogen-bond donors (Lipinski definition) is 2. The Morgan fingerprint density at radius 3 is 2.06 bits per heavy atom. The number of benzene rings is 3. The minimum Gasteiger partial charge on any atom is -0.478 e. The summed E-state index contributed by atoms with van der Waals surface area (Å²) in [5.74, 6) is -2.07. The molecule has 3 aromatic carbocycles. The van der Waals surface area contributed by atoms with Crippen LogP contribution in [0.25, 0.3) is 0 Å². The summed E-state index contributed by atoms with van der Waals surface area (Å²) in [7, 11) is 0. The molecule has 0 saturated heterocycles. The zero-order chi connectivity index (χ0) is 24.1. The molecule has 0 aliphatic carbocycles. The zero-order valence-corrected chi connectivity index (χ0v) is 17.9. The molecule has 0 bridgehead atoms. The largest absolute Gasteiger partial charge is 0.478 e. The Hall–Kier alpha value is -4.53. The second kappa shape index (κ2) is 9.73. The first-order valence-electron chi connectivity index (χ1n) is 9.92. The van der Waals surface area contributed by atoms with Crippen LogP contribution in [0.1, 0.15) is 31.8 Å². The highest BCUT2D eigenvalue weighted by Gasteiger charge is 2.22. The summed E-state index contributed by atoms with van der Waals surface area (Å²) in [4.78, 5) is 48.6. The smallest absolute Gasteiger partial charge is 0.335 e. The van der Waals surface area contributed by atoms with E-state index in [9.17, 15) is 24.5 Å².